The number of ether oxygens (including phenoxy) is 2. The maximum atomic E-state index is 12.1. The van der Waals surface area contributed by atoms with Crippen LogP contribution in [0.4, 0.5) is 4.79 Å². The van der Waals surface area contributed by atoms with Crippen LogP contribution in [0.3, 0.4) is 0 Å². The van der Waals surface area contributed by atoms with E-state index in [4.69, 9.17) is 15.2 Å². The molecule has 0 atom stereocenters. The molecular weight excluding hydrogens is 220 g/mol. The largest absolute Gasteiger partial charge is 0.444 e. The molecule has 5 heteroatoms. The van der Waals surface area contributed by atoms with E-state index >= 15 is 0 Å². The predicted molar refractivity (Wildman–Crippen MR) is 65.8 cm³/mol. The Morgan fingerprint density at radius 3 is 2.47 bits per heavy atom. The van der Waals surface area contributed by atoms with Crippen molar-refractivity contribution >= 4 is 6.09 Å². The fourth-order valence-electron chi connectivity index (χ4n) is 1.88. The van der Waals surface area contributed by atoms with E-state index in [1.807, 2.05) is 20.8 Å². The normalized spacial score (nSPS) is 17.9. The van der Waals surface area contributed by atoms with Crippen LogP contribution in [0.1, 0.15) is 33.6 Å². The second-order valence-electron chi connectivity index (χ2n) is 5.31. The van der Waals surface area contributed by atoms with Crippen LogP contribution in [-0.2, 0) is 9.47 Å². The summed E-state index contributed by atoms with van der Waals surface area (Å²) in [6.07, 6.45) is 1.45. The van der Waals surface area contributed by atoms with Crippen LogP contribution < -0.4 is 5.73 Å². The highest BCUT2D eigenvalue weighted by Crippen LogP contribution is 2.17. The molecular formula is C12H24N2O3. The molecule has 0 aromatic carbocycles. The van der Waals surface area contributed by atoms with Crippen LogP contribution in [0.2, 0.25) is 0 Å². The van der Waals surface area contributed by atoms with Crippen LogP contribution in [0, 0.1) is 0 Å². The predicted octanol–water partition coefficient (Wildman–Crippen LogP) is 1.36. The summed E-state index contributed by atoms with van der Waals surface area (Å²) in [4.78, 5) is 13.8. The molecule has 0 aromatic heterocycles. The van der Waals surface area contributed by atoms with E-state index < -0.39 is 5.60 Å². The number of hydrogen-bond acceptors (Lipinski definition) is 4. The lowest BCUT2D eigenvalue weighted by atomic mass is 10.1. The van der Waals surface area contributed by atoms with Crippen molar-refractivity contribution in [3.8, 4) is 0 Å². The Kier molecular flexibility index (Phi) is 5.21. The summed E-state index contributed by atoms with van der Waals surface area (Å²) in [5.41, 5.74) is 5.09. The molecule has 1 heterocycles. The maximum Gasteiger partial charge on any atom is 0.410 e. The number of carbonyl (C=O) groups excluding carboxylic acids is 1. The van der Waals surface area contributed by atoms with Crippen molar-refractivity contribution in [2.24, 2.45) is 5.73 Å². The van der Waals surface area contributed by atoms with Gasteiger partial charge in [-0.05, 0) is 33.6 Å². The fourth-order valence-corrected chi connectivity index (χ4v) is 1.88. The zero-order valence-corrected chi connectivity index (χ0v) is 11.1. The second-order valence-corrected chi connectivity index (χ2v) is 5.31. The number of nitrogens with zero attached hydrogens (tertiary/aromatic N) is 1. The minimum absolute atomic E-state index is 0.196. The quantitative estimate of drug-likeness (QED) is 0.814. The van der Waals surface area contributed by atoms with E-state index in [0.29, 0.717) is 26.3 Å². The molecule has 17 heavy (non-hydrogen) atoms. The van der Waals surface area contributed by atoms with Crippen molar-refractivity contribution in [2.75, 3.05) is 26.3 Å². The molecule has 0 aromatic rings. The molecule has 1 saturated heterocycles. The lowest BCUT2D eigenvalue weighted by molar-refractivity contribution is -0.00471. The van der Waals surface area contributed by atoms with Gasteiger partial charge in [-0.3, -0.25) is 0 Å². The Labute approximate surface area is 103 Å². The second kappa shape index (κ2) is 6.21. The van der Waals surface area contributed by atoms with Gasteiger partial charge in [0.2, 0.25) is 0 Å². The molecule has 100 valence electrons. The van der Waals surface area contributed by atoms with Gasteiger partial charge in [-0.25, -0.2) is 4.79 Å². The first-order valence-corrected chi connectivity index (χ1v) is 6.21. The SMILES string of the molecule is CC(C)(C)OC(=O)N(CCN)C1CCOCC1. The highest BCUT2D eigenvalue weighted by Gasteiger charge is 2.28. The Bertz CT molecular complexity index is 245. The van der Waals surface area contributed by atoms with Crippen molar-refractivity contribution in [3.05, 3.63) is 0 Å². The summed E-state index contributed by atoms with van der Waals surface area (Å²) in [7, 11) is 0. The van der Waals surface area contributed by atoms with Crippen molar-refractivity contribution in [3.63, 3.8) is 0 Å². The number of carbonyl (C=O) groups is 1. The minimum atomic E-state index is -0.463. The molecule has 1 aliphatic rings. The summed E-state index contributed by atoms with van der Waals surface area (Å²) in [5, 5.41) is 0. The van der Waals surface area contributed by atoms with Crippen LogP contribution in [0.25, 0.3) is 0 Å². The van der Waals surface area contributed by atoms with Gasteiger partial charge in [0.05, 0.1) is 0 Å². The van der Waals surface area contributed by atoms with E-state index in [0.717, 1.165) is 12.8 Å². The Morgan fingerprint density at radius 2 is 2.00 bits per heavy atom. The third kappa shape index (κ3) is 4.91. The summed E-state index contributed by atoms with van der Waals surface area (Å²) in [6, 6.07) is 0.196. The summed E-state index contributed by atoms with van der Waals surface area (Å²) in [5.74, 6) is 0. The maximum absolute atomic E-state index is 12.1. The Balaban J connectivity index is 2.60. The van der Waals surface area contributed by atoms with Crippen LogP contribution in [0.5, 0.6) is 0 Å². The molecule has 0 unspecified atom stereocenters. The summed E-state index contributed by atoms with van der Waals surface area (Å²) < 4.78 is 10.7. The molecule has 2 N–H and O–H groups in total. The van der Waals surface area contributed by atoms with E-state index in [-0.39, 0.29) is 12.1 Å². The zero-order valence-electron chi connectivity index (χ0n) is 11.1. The van der Waals surface area contributed by atoms with Gasteiger partial charge < -0.3 is 20.1 Å². The van der Waals surface area contributed by atoms with Crippen molar-refractivity contribution in [1.29, 1.82) is 0 Å². The van der Waals surface area contributed by atoms with E-state index in [1.165, 1.54) is 0 Å². The molecule has 0 radical (unpaired) electrons. The number of hydrogen-bond donors (Lipinski definition) is 1. The molecule has 0 bridgehead atoms. The first kappa shape index (κ1) is 14.3. The minimum Gasteiger partial charge on any atom is -0.444 e. The topological polar surface area (TPSA) is 64.8 Å². The molecule has 0 spiro atoms. The highest BCUT2D eigenvalue weighted by molar-refractivity contribution is 5.68. The summed E-state index contributed by atoms with van der Waals surface area (Å²) >= 11 is 0. The van der Waals surface area contributed by atoms with Crippen molar-refractivity contribution in [2.45, 2.75) is 45.3 Å². The molecule has 1 amide bonds. The van der Waals surface area contributed by atoms with Gasteiger partial charge in [0.1, 0.15) is 5.60 Å². The lowest BCUT2D eigenvalue weighted by Gasteiger charge is -2.35. The smallest absolute Gasteiger partial charge is 0.410 e. The fraction of sp³-hybridized carbons (Fsp3) is 0.917. The first-order chi connectivity index (χ1) is 7.94. The molecule has 1 rings (SSSR count). The Morgan fingerprint density at radius 1 is 1.41 bits per heavy atom. The van der Waals surface area contributed by atoms with E-state index in [2.05, 4.69) is 0 Å². The summed E-state index contributed by atoms with van der Waals surface area (Å²) in [6.45, 7) is 8.01. The number of amides is 1. The highest BCUT2D eigenvalue weighted by atomic mass is 16.6. The van der Waals surface area contributed by atoms with Gasteiger partial charge in [0.25, 0.3) is 0 Å². The van der Waals surface area contributed by atoms with Gasteiger partial charge in [0.15, 0.2) is 0 Å². The molecule has 0 saturated carbocycles. The standard InChI is InChI=1S/C12H24N2O3/c1-12(2,3)17-11(15)14(7-6-13)10-4-8-16-9-5-10/h10H,4-9,13H2,1-3H3. The lowest BCUT2D eigenvalue weighted by Crippen LogP contribution is -2.47. The monoisotopic (exact) mass is 244 g/mol. The van der Waals surface area contributed by atoms with Crippen LogP contribution in [0.15, 0.2) is 0 Å². The van der Waals surface area contributed by atoms with Crippen LogP contribution in [-0.4, -0.2) is 48.9 Å². The van der Waals surface area contributed by atoms with Gasteiger partial charge >= 0.3 is 6.09 Å². The van der Waals surface area contributed by atoms with E-state index in [1.54, 1.807) is 4.90 Å². The third-order valence-corrected chi connectivity index (χ3v) is 2.63. The number of nitrogens with two attached hydrogens (primary N) is 1. The van der Waals surface area contributed by atoms with Crippen molar-refractivity contribution in [1.82, 2.24) is 4.90 Å². The molecule has 1 aliphatic heterocycles. The van der Waals surface area contributed by atoms with Gasteiger partial charge in [0, 0.05) is 32.3 Å². The van der Waals surface area contributed by atoms with Gasteiger partial charge in [-0.15, -0.1) is 0 Å². The van der Waals surface area contributed by atoms with E-state index in [9.17, 15) is 4.79 Å². The first-order valence-electron chi connectivity index (χ1n) is 6.21. The molecule has 0 aliphatic carbocycles. The average molecular weight is 244 g/mol. The third-order valence-electron chi connectivity index (χ3n) is 2.63. The van der Waals surface area contributed by atoms with Crippen LogP contribution >= 0.6 is 0 Å². The molecule has 1 fully saturated rings. The van der Waals surface area contributed by atoms with Crippen molar-refractivity contribution < 1.29 is 14.3 Å². The Hall–Kier alpha value is -0.810. The van der Waals surface area contributed by atoms with Gasteiger partial charge in [-0.1, -0.05) is 0 Å². The molecule has 5 nitrogen and oxygen atoms in total. The number of rotatable bonds is 3. The van der Waals surface area contributed by atoms with Gasteiger partial charge in [-0.2, -0.15) is 0 Å². The average Bonchev–Trinajstić information content (AvgIpc) is 2.24. The zero-order chi connectivity index (χ0) is 12.9.